The molecule has 1 unspecified atom stereocenters. The molecule has 4 nitrogen and oxygen atoms in total. The Balaban J connectivity index is 1.92. The summed E-state index contributed by atoms with van der Waals surface area (Å²) in [5, 5.41) is 9.35. The van der Waals surface area contributed by atoms with E-state index in [4.69, 9.17) is 15.2 Å². The van der Waals surface area contributed by atoms with E-state index in [9.17, 15) is 5.11 Å². The lowest BCUT2D eigenvalue weighted by molar-refractivity contribution is 0.161. The molecule has 0 saturated carbocycles. The van der Waals surface area contributed by atoms with Gasteiger partial charge in [0.25, 0.3) is 0 Å². The molecule has 2 atom stereocenters. The zero-order chi connectivity index (χ0) is 14.1. The predicted molar refractivity (Wildman–Crippen MR) is 76.0 cm³/mol. The van der Waals surface area contributed by atoms with Crippen LogP contribution in [0.15, 0.2) is 42.5 Å². The van der Waals surface area contributed by atoms with Crippen LogP contribution in [0.5, 0.6) is 17.2 Å². The largest absolute Gasteiger partial charge is 0.508 e. The van der Waals surface area contributed by atoms with Gasteiger partial charge in [0.15, 0.2) is 0 Å². The molecule has 2 aromatic carbocycles. The van der Waals surface area contributed by atoms with Crippen molar-refractivity contribution in [3.8, 4) is 17.2 Å². The Hall–Kier alpha value is -2.20. The molecule has 104 valence electrons. The number of phenols is 1. The summed E-state index contributed by atoms with van der Waals surface area (Å²) in [6.45, 7) is 0. The normalized spacial score (nSPS) is 20.9. The molecule has 1 heterocycles. The van der Waals surface area contributed by atoms with Gasteiger partial charge in [0, 0.05) is 24.1 Å². The van der Waals surface area contributed by atoms with Crippen LogP contribution in [-0.4, -0.2) is 12.2 Å². The van der Waals surface area contributed by atoms with Gasteiger partial charge in [0.2, 0.25) is 0 Å². The molecular formula is C16H17NO3. The number of hydrogen-bond acceptors (Lipinski definition) is 4. The lowest BCUT2D eigenvalue weighted by Crippen LogP contribution is -2.24. The van der Waals surface area contributed by atoms with E-state index in [0.29, 0.717) is 6.42 Å². The monoisotopic (exact) mass is 271 g/mol. The second-order valence-electron chi connectivity index (χ2n) is 4.94. The second-order valence-corrected chi connectivity index (χ2v) is 4.94. The van der Waals surface area contributed by atoms with Crippen molar-refractivity contribution >= 4 is 0 Å². The highest BCUT2D eigenvalue weighted by Crippen LogP contribution is 2.41. The van der Waals surface area contributed by atoms with Gasteiger partial charge >= 0.3 is 0 Å². The number of methoxy groups -OCH3 is 1. The third-order valence-corrected chi connectivity index (χ3v) is 3.62. The van der Waals surface area contributed by atoms with Crippen molar-refractivity contribution in [3.05, 3.63) is 53.6 Å². The number of benzene rings is 2. The van der Waals surface area contributed by atoms with Crippen LogP contribution in [0.25, 0.3) is 0 Å². The summed E-state index contributed by atoms with van der Waals surface area (Å²) < 4.78 is 11.2. The molecule has 2 aromatic rings. The number of nitrogens with two attached hydrogens (primary N) is 1. The van der Waals surface area contributed by atoms with E-state index in [1.807, 2.05) is 30.3 Å². The molecule has 3 N–H and O–H groups in total. The number of phenolic OH excluding ortho intramolecular Hbond substituents is 1. The first-order valence-corrected chi connectivity index (χ1v) is 6.56. The molecule has 3 rings (SSSR count). The van der Waals surface area contributed by atoms with Gasteiger partial charge in [-0.2, -0.15) is 0 Å². The van der Waals surface area contributed by atoms with Crippen molar-refractivity contribution in [2.24, 2.45) is 5.73 Å². The van der Waals surface area contributed by atoms with Crippen molar-refractivity contribution in [2.75, 3.05) is 7.11 Å². The van der Waals surface area contributed by atoms with Gasteiger partial charge in [-0.25, -0.2) is 0 Å². The first kappa shape index (κ1) is 12.8. The molecule has 1 aliphatic heterocycles. The third kappa shape index (κ3) is 2.30. The topological polar surface area (TPSA) is 64.7 Å². The smallest absolute Gasteiger partial charge is 0.128 e. The Kier molecular flexibility index (Phi) is 3.24. The minimum absolute atomic E-state index is 0.0662. The standard InChI is InChI=1S/C16H17NO3/c1-19-12-6-7-13-14(17)9-15(20-16(13)8-12)10-2-4-11(18)5-3-10/h2-8,14-15,18H,9,17H2,1H3/t14-,15?/m1/s1. The van der Waals surface area contributed by atoms with Gasteiger partial charge in [0.1, 0.15) is 23.4 Å². The van der Waals surface area contributed by atoms with E-state index in [1.165, 1.54) is 0 Å². The molecule has 0 spiro atoms. The van der Waals surface area contributed by atoms with Crippen molar-refractivity contribution in [1.29, 1.82) is 0 Å². The highest BCUT2D eigenvalue weighted by Gasteiger charge is 2.27. The predicted octanol–water partition coefficient (Wildman–Crippen LogP) is 2.92. The van der Waals surface area contributed by atoms with Crippen LogP contribution in [0.1, 0.15) is 29.7 Å². The van der Waals surface area contributed by atoms with Gasteiger partial charge in [-0.15, -0.1) is 0 Å². The average Bonchev–Trinajstić information content (AvgIpc) is 2.47. The molecule has 0 aliphatic carbocycles. The second kappa shape index (κ2) is 5.06. The number of fused-ring (bicyclic) bond motifs is 1. The van der Waals surface area contributed by atoms with Crippen LogP contribution in [-0.2, 0) is 0 Å². The molecular weight excluding hydrogens is 254 g/mol. The van der Waals surface area contributed by atoms with E-state index in [2.05, 4.69) is 0 Å². The van der Waals surface area contributed by atoms with Crippen LogP contribution in [0.2, 0.25) is 0 Å². The Morgan fingerprint density at radius 1 is 1.20 bits per heavy atom. The van der Waals surface area contributed by atoms with Gasteiger partial charge in [-0.1, -0.05) is 18.2 Å². The SMILES string of the molecule is COc1ccc2c(c1)OC(c1ccc(O)cc1)C[C@H]2N. The summed E-state index contributed by atoms with van der Waals surface area (Å²) in [6.07, 6.45) is 0.606. The van der Waals surface area contributed by atoms with Crippen LogP contribution in [0, 0.1) is 0 Å². The highest BCUT2D eigenvalue weighted by molar-refractivity contribution is 5.44. The van der Waals surface area contributed by atoms with E-state index in [0.717, 1.165) is 22.6 Å². The zero-order valence-corrected chi connectivity index (χ0v) is 11.2. The Morgan fingerprint density at radius 3 is 2.65 bits per heavy atom. The lowest BCUT2D eigenvalue weighted by Gasteiger charge is -2.30. The Morgan fingerprint density at radius 2 is 1.95 bits per heavy atom. The van der Waals surface area contributed by atoms with Crippen molar-refractivity contribution in [2.45, 2.75) is 18.6 Å². The molecule has 0 bridgehead atoms. The Labute approximate surface area is 117 Å². The van der Waals surface area contributed by atoms with Crippen LogP contribution < -0.4 is 15.2 Å². The third-order valence-electron chi connectivity index (χ3n) is 3.62. The summed E-state index contributed by atoms with van der Waals surface area (Å²) in [6, 6.07) is 12.7. The quantitative estimate of drug-likeness (QED) is 0.881. The summed E-state index contributed by atoms with van der Waals surface area (Å²) in [4.78, 5) is 0. The Bertz CT molecular complexity index is 610. The minimum Gasteiger partial charge on any atom is -0.508 e. The summed E-state index contributed by atoms with van der Waals surface area (Å²) in [5.41, 5.74) is 8.23. The molecule has 4 heteroatoms. The fraction of sp³-hybridized carbons (Fsp3) is 0.250. The van der Waals surface area contributed by atoms with E-state index in [-0.39, 0.29) is 17.9 Å². The maximum Gasteiger partial charge on any atom is 0.128 e. The van der Waals surface area contributed by atoms with Crippen molar-refractivity contribution in [1.82, 2.24) is 0 Å². The van der Waals surface area contributed by atoms with E-state index in [1.54, 1.807) is 19.2 Å². The van der Waals surface area contributed by atoms with Crippen molar-refractivity contribution < 1.29 is 14.6 Å². The van der Waals surface area contributed by atoms with Crippen LogP contribution in [0.3, 0.4) is 0 Å². The maximum atomic E-state index is 9.35. The molecule has 0 aromatic heterocycles. The number of ether oxygens (including phenoxy) is 2. The first-order chi connectivity index (χ1) is 9.67. The van der Waals surface area contributed by atoms with E-state index >= 15 is 0 Å². The fourth-order valence-corrected chi connectivity index (χ4v) is 2.50. The lowest BCUT2D eigenvalue weighted by atomic mass is 9.93. The summed E-state index contributed by atoms with van der Waals surface area (Å²) in [5.74, 6) is 1.76. The van der Waals surface area contributed by atoms with Gasteiger partial charge in [0.05, 0.1) is 7.11 Å². The number of aromatic hydroxyl groups is 1. The average molecular weight is 271 g/mol. The molecule has 0 saturated heterocycles. The van der Waals surface area contributed by atoms with Gasteiger partial charge < -0.3 is 20.3 Å². The van der Waals surface area contributed by atoms with Gasteiger partial charge in [-0.3, -0.25) is 0 Å². The molecule has 20 heavy (non-hydrogen) atoms. The fourth-order valence-electron chi connectivity index (χ4n) is 2.50. The highest BCUT2D eigenvalue weighted by atomic mass is 16.5. The van der Waals surface area contributed by atoms with E-state index < -0.39 is 0 Å². The molecule has 0 radical (unpaired) electrons. The first-order valence-electron chi connectivity index (χ1n) is 6.56. The molecule has 1 aliphatic rings. The molecule has 0 fully saturated rings. The minimum atomic E-state index is -0.106. The zero-order valence-electron chi connectivity index (χ0n) is 11.2. The number of rotatable bonds is 2. The molecule has 0 amide bonds. The van der Waals surface area contributed by atoms with Crippen LogP contribution in [0.4, 0.5) is 0 Å². The van der Waals surface area contributed by atoms with Gasteiger partial charge in [-0.05, 0) is 23.8 Å². The summed E-state index contributed by atoms with van der Waals surface area (Å²) >= 11 is 0. The van der Waals surface area contributed by atoms with Crippen molar-refractivity contribution in [3.63, 3.8) is 0 Å². The maximum absolute atomic E-state index is 9.35. The number of hydrogen-bond donors (Lipinski definition) is 2. The van der Waals surface area contributed by atoms with Crippen LogP contribution >= 0.6 is 0 Å². The summed E-state index contributed by atoms with van der Waals surface area (Å²) in [7, 11) is 1.63.